The molecular weight excluding hydrogens is 519 g/mol. The van der Waals surface area contributed by atoms with E-state index in [-0.39, 0.29) is 17.5 Å². The smallest absolute Gasteiger partial charge is 0.241 e. The van der Waals surface area contributed by atoms with Crippen molar-refractivity contribution in [2.75, 3.05) is 11.9 Å². The van der Waals surface area contributed by atoms with Crippen molar-refractivity contribution in [2.24, 2.45) is 7.05 Å². The van der Waals surface area contributed by atoms with E-state index in [1.54, 1.807) is 19.3 Å². The molecule has 1 aromatic carbocycles. The zero-order valence-electron chi connectivity index (χ0n) is 22.1. The number of alkyl halides is 1. The van der Waals surface area contributed by atoms with Gasteiger partial charge in [-0.2, -0.15) is 4.80 Å². The predicted molar refractivity (Wildman–Crippen MR) is 145 cm³/mol. The molecule has 39 heavy (non-hydrogen) atoms. The third-order valence-corrected chi connectivity index (χ3v) is 8.67. The van der Waals surface area contributed by atoms with Gasteiger partial charge in [0.1, 0.15) is 11.4 Å². The molecule has 10 nitrogen and oxygen atoms in total. The molecule has 4 aromatic rings. The third-order valence-electron chi connectivity index (χ3n) is 7.23. The quantitative estimate of drug-likeness (QED) is 0.334. The van der Waals surface area contributed by atoms with Gasteiger partial charge in [0.15, 0.2) is 0 Å². The van der Waals surface area contributed by atoms with Gasteiger partial charge in [-0.25, -0.2) is 17.5 Å². The lowest BCUT2D eigenvalue weighted by atomic mass is 9.84. The number of aromatic nitrogens is 6. The van der Waals surface area contributed by atoms with Crippen LogP contribution in [-0.4, -0.2) is 50.8 Å². The second-order valence-electron chi connectivity index (χ2n) is 11.0. The molecule has 0 radical (unpaired) electrons. The summed E-state index contributed by atoms with van der Waals surface area (Å²) in [7, 11) is -2.25. The van der Waals surface area contributed by atoms with Crippen LogP contribution >= 0.6 is 0 Å². The molecule has 3 heterocycles. The highest BCUT2D eigenvalue weighted by Gasteiger charge is 2.31. The van der Waals surface area contributed by atoms with E-state index in [4.69, 9.17) is 4.98 Å². The van der Waals surface area contributed by atoms with Crippen LogP contribution in [0.2, 0.25) is 0 Å². The van der Waals surface area contributed by atoms with Crippen molar-refractivity contribution in [3.8, 4) is 11.5 Å². The number of nitrogens with zero attached hydrogens (tertiary/aromatic N) is 6. The van der Waals surface area contributed by atoms with Crippen molar-refractivity contribution in [3.63, 3.8) is 0 Å². The maximum atomic E-state index is 14.2. The molecule has 6 rings (SSSR count). The molecule has 12 heteroatoms. The number of aryl methyl sites for hydroxylation is 2. The molecule has 0 saturated heterocycles. The van der Waals surface area contributed by atoms with Gasteiger partial charge in [-0.3, -0.25) is 9.97 Å². The minimum Gasteiger partial charge on any atom is -0.377 e. The molecule has 0 bridgehead atoms. The van der Waals surface area contributed by atoms with Crippen LogP contribution in [0.1, 0.15) is 68.3 Å². The highest BCUT2D eigenvalue weighted by molar-refractivity contribution is 7.89. The summed E-state index contributed by atoms with van der Waals surface area (Å²) in [6.45, 7) is 2.42. The minimum atomic E-state index is -3.95. The Hall–Kier alpha value is -3.51. The number of tetrazole rings is 1. The van der Waals surface area contributed by atoms with Crippen LogP contribution in [0, 0.1) is 0 Å². The normalized spacial score (nSPS) is 17.8. The van der Waals surface area contributed by atoms with E-state index in [0.717, 1.165) is 60.0 Å². The lowest BCUT2D eigenvalue weighted by Crippen LogP contribution is -2.35. The van der Waals surface area contributed by atoms with E-state index in [1.165, 1.54) is 18.6 Å². The standard InChI is InChI=1S/C27H31FN8O2S/c1-27(2,28)15-31-39(37,38)24-11-17-5-4-6-21(25(17)20-14-30-23(12-19(20)24)16-7-8-16)32-18-9-10-22(29-13-18)26-33-35-36(3)34-26/h9-14,16,21,31-32H,4-8,15H2,1-3H3. The third kappa shape index (κ3) is 5.35. The van der Waals surface area contributed by atoms with Gasteiger partial charge in [-0.15, -0.1) is 10.2 Å². The van der Waals surface area contributed by atoms with Gasteiger partial charge in [0.05, 0.1) is 29.9 Å². The number of anilines is 1. The maximum absolute atomic E-state index is 14.2. The summed E-state index contributed by atoms with van der Waals surface area (Å²) >= 11 is 0. The number of nitrogens with one attached hydrogen (secondary N) is 2. The molecule has 1 saturated carbocycles. The van der Waals surface area contributed by atoms with Crippen molar-refractivity contribution in [2.45, 2.75) is 68.5 Å². The number of sulfonamides is 1. The number of hydrogen-bond donors (Lipinski definition) is 2. The largest absolute Gasteiger partial charge is 0.377 e. The molecule has 1 fully saturated rings. The monoisotopic (exact) mass is 550 g/mol. The van der Waals surface area contributed by atoms with E-state index in [1.807, 2.05) is 24.4 Å². The van der Waals surface area contributed by atoms with Gasteiger partial charge >= 0.3 is 0 Å². The van der Waals surface area contributed by atoms with Crippen LogP contribution < -0.4 is 10.0 Å². The molecule has 1 unspecified atom stereocenters. The fraction of sp³-hybridized carbons (Fsp3) is 0.444. The van der Waals surface area contributed by atoms with Gasteiger partial charge in [0.2, 0.25) is 15.8 Å². The summed E-state index contributed by atoms with van der Waals surface area (Å²) in [6, 6.07) is 7.41. The Bertz CT molecular complexity index is 1640. The van der Waals surface area contributed by atoms with Crippen molar-refractivity contribution in [1.82, 2.24) is 34.9 Å². The van der Waals surface area contributed by atoms with E-state index in [0.29, 0.717) is 22.8 Å². The van der Waals surface area contributed by atoms with E-state index >= 15 is 0 Å². The number of fused-ring (bicyclic) bond motifs is 3. The van der Waals surface area contributed by atoms with E-state index in [2.05, 4.69) is 30.4 Å². The molecule has 0 amide bonds. The number of rotatable bonds is 8. The highest BCUT2D eigenvalue weighted by Crippen LogP contribution is 2.43. The van der Waals surface area contributed by atoms with Crippen molar-refractivity contribution in [1.29, 1.82) is 0 Å². The van der Waals surface area contributed by atoms with Crippen molar-refractivity contribution < 1.29 is 12.8 Å². The average Bonchev–Trinajstić information content (AvgIpc) is 3.67. The Morgan fingerprint density at radius 1 is 1.10 bits per heavy atom. The zero-order valence-corrected chi connectivity index (χ0v) is 23.0. The molecule has 3 aromatic heterocycles. The van der Waals surface area contributed by atoms with Gasteiger partial charge in [-0.1, -0.05) is 0 Å². The first-order valence-corrected chi connectivity index (χ1v) is 14.7. The second-order valence-corrected chi connectivity index (χ2v) is 12.8. The van der Waals surface area contributed by atoms with Gasteiger partial charge in [0.25, 0.3) is 0 Å². The predicted octanol–water partition coefficient (Wildman–Crippen LogP) is 4.21. The number of halogens is 1. The van der Waals surface area contributed by atoms with Crippen LogP contribution in [0.3, 0.4) is 0 Å². The van der Waals surface area contributed by atoms with Crippen molar-refractivity contribution in [3.05, 3.63) is 53.5 Å². The van der Waals surface area contributed by atoms with Crippen LogP contribution in [0.25, 0.3) is 22.3 Å². The molecule has 2 N–H and O–H groups in total. The second kappa shape index (κ2) is 9.60. The van der Waals surface area contributed by atoms with E-state index < -0.39 is 15.7 Å². The lowest BCUT2D eigenvalue weighted by Gasteiger charge is -2.30. The maximum Gasteiger partial charge on any atom is 0.241 e. The molecule has 204 valence electrons. The van der Waals surface area contributed by atoms with Crippen LogP contribution in [0.4, 0.5) is 10.1 Å². The molecule has 1 atom stereocenters. The van der Waals surface area contributed by atoms with Crippen LogP contribution in [0.15, 0.2) is 41.6 Å². The summed E-state index contributed by atoms with van der Waals surface area (Å²) in [4.78, 5) is 10.8. The first kappa shape index (κ1) is 25.8. The summed E-state index contributed by atoms with van der Waals surface area (Å²) in [6.07, 6.45) is 8.19. The van der Waals surface area contributed by atoms with Gasteiger partial charge in [0, 0.05) is 35.1 Å². The average molecular weight is 551 g/mol. The Morgan fingerprint density at radius 2 is 1.92 bits per heavy atom. The van der Waals surface area contributed by atoms with Gasteiger partial charge in [-0.05, 0) is 86.6 Å². The summed E-state index contributed by atoms with van der Waals surface area (Å²) < 4.78 is 43.6. The fourth-order valence-electron chi connectivity index (χ4n) is 5.15. The zero-order chi connectivity index (χ0) is 27.4. The molecule has 2 aliphatic rings. The minimum absolute atomic E-state index is 0.0541. The Labute approximate surface area is 226 Å². The lowest BCUT2D eigenvalue weighted by molar-refractivity contribution is 0.221. The van der Waals surface area contributed by atoms with Crippen molar-refractivity contribution >= 4 is 26.5 Å². The van der Waals surface area contributed by atoms with Gasteiger partial charge < -0.3 is 5.32 Å². The Kier molecular flexibility index (Phi) is 6.34. The Balaban J connectivity index is 1.39. The Morgan fingerprint density at radius 3 is 2.59 bits per heavy atom. The molecule has 0 aliphatic heterocycles. The molecular formula is C27H31FN8O2S. The van der Waals surface area contributed by atoms with Crippen LogP contribution in [0.5, 0.6) is 0 Å². The summed E-state index contributed by atoms with van der Waals surface area (Å²) in [5.41, 5.74) is 2.71. The fourth-order valence-corrected chi connectivity index (χ4v) is 6.59. The first-order chi connectivity index (χ1) is 18.6. The highest BCUT2D eigenvalue weighted by atomic mass is 32.2. The number of hydrogen-bond acceptors (Lipinski definition) is 8. The number of benzene rings is 1. The topological polar surface area (TPSA) is 128 Å². The van der Waals surface area contributed by atoms with E-state index in [9.17, 15) is 12.8 Å². The molecule has 2 aliphatic carbocycles. The summed E-state index contributed by atoms with van der Waals surface area (Å²) in [5, 5.41) is 17.1. The molecule has 0 spiro atoms. The number of pyridine rings is 2. The SMILES string of the molecule is Cn1nnc(-c2ccc(NC3CCCc4cc(S(=O)(=O)NCC(C)(C)F)c5cc(C6CC6)ncc5c43)cn2)n1. The van der Waals surface area contributed by atoms with Crippen LogP contribution in [-0.2, 0) is 23.5 Å². The summed E-state index contributed by atoms with van der Waals surface area (Å²) in [5.74, 6) is 0.815. The first-order valence-electron chi connectivity index (χ1n) is 13.2.